The number of hydrogen-bond donors (Lipinski definition) is 2. The van der Waals surface area contributed by atoms with Crippen LogP contribution < -0.4 is 16.2 Å². The van der Waals surface area contributed by atoms with Crippen molar-refractivity contribution in [2.24, 2.45) is 7.05 Å². The highest BCUT2D eigenvalue weighted by molar-refractivity contribution is 6.32. The number of amides is 2. The second-order valence-electron chi connectivity index (χ2n) is 7.79. The standard InChI is InChI=1S/C27H23ClN4O3/c1-18-24(27(35)32(31(18)2)21-14-7-4-8-15-21)30-26(34)23(17-20-13-9-10-16-22(20)28)29-25(33)19-11-5-3-6-12-19/h3-17H,1-2H3,(H,29,33)(H,30,34)/b23-17-. The first kappa shape index (κ1) is 23.8. The number of anilines is 1. The predicted molar refractivity (Wildman–Crippen MR) is 138 cm³/mol. The van der Waals surface area contributed by atoms with Crippen LogP contribution in [0.3, 0.4) is 0 Å². The molecule has 0 saturated carbocycles. The molecule has 0 radical (unpaired) electrons. The van der Waals surface area contributed by atoms with Crippen molar-refractivity contribution in [2.45, 2.75) is 6.92 Å². The molecule has 0 aliphatic heterocycles. The van der Waals surface area contributed by atoms with Crippen LogP contribution in [0.25, 0.3) is 11.8 Å². The summed E-state index contributed by atoms with van der Waals surface area (Å²) < 4.78 is 3.12. The molecule has 1 heterocycles. The lowest BCUT2D eigenvalue weighted by Crippen LogP contribution is -2.32. The quantitative estimate of drug-likeness (QED) is 0.392. The van der Waals surface area contributed by atoms with E-state index < -0.39 is 17.4 Å². The van der Waals surface area contributed by atoms with Gasteiger partial charge in [-0.05, 0) is 48.9 Å². The Morgan fingerprint density at radius 3 is 2.14 bits per heavy atom. The molecule has 2 N–H and O–H groups in total. The molecule has 1 aromatic heterocycles. The number of benzene rings is 3. The summed E-state index contributed by atoms with van der Waals surface area (Å²) in [6.07, 6.45) is 1.48. The SMILES string of the molecule is Cc1c(NC(=O)/C(=C/c2ccccc2Cl)NC(=O)c2ccccc2)c(=O)n(-c2ccccc2)n1C. The van der Waals surface area contributed by atoms with Crippen molar-refractivity contribution in [2.75, 3.05) is 5.32 Å². The Morgan fingerprint density at radius 1 is 0.886 bits per heavy atom. The number of rotatable bonds is 6. The predicted octanol–water partition coefficient (Wildman–Crippen LogP) is 4.55. The number of para-hydroxylation sites is 1. The molecular weight excluding hydrogens is 464 g/mol. The summed E-state index contributed by atoms with van der Waals surface area (Å²) in [4.78, 5) is 39.4. The topological polar surface area (TPSA) is 85.1 Å². The van der Waals surface area contributed by atoms with Gasteiger partial charge in [0.05, 0.1) is 11.4 Å². The van der Waals surface area contributed by atoms with E-state index in [0.29, 0.717) is 27.5 Å². The average molecular weight is 487 g/mol. The number of halogens is 1. The molecule has 176 valence electrons. The van der Waals surface area contributed by atoms with Gasteiger partial charge >= 0.3 is 0 Å². The Bertz CT molecular complexity index is 1470. The monoisotopic (exact) mass is 486 g/mol. The lowest BCUT2D eigenvalue weighted by atomic mass is 10.1. The van der Waals surface area contributed by atoms with Crippen LogP contribution in [0.1, 0.15) is 21.6 Å². The Morgan fingerprint density at radius 2 is 1.49 bits per heavy atom. The van der Waals surface area contributed by atoms with Gasteiger partial charge in [-0.3, -0.25) is 19.1 Å². The van der Waals surface area contributed by atoms with E-state index in [1.54, 1.807) is 85.4 Å². The van der Waals surface area contributed by atoms with E-state index in [1.165, 1.54) is 10.8 Å². The van der Waals surface area contributed by atoms with Crippen molar-refractivity contribution in [1.82, 2.24) is 14.7 Å². The van der Waals surface area contributed by atoms with E-state index in [4.69, 9.17) is 11.6 Å². The Labute approximate surface area is 207 Å². The number of carbonyl (C=O) groups excluding carboxylic acids is 2. The minimum Gasteiger partial charge on any atom is -0.317 e. The molecule has 0 aliphatic rings. The number of carbonyl (C=O) groups is 2. The van der Waals surface area contributed by atoms with Crippen molar-refractivity contribution >= 4 is 35.2 Å². The van der Waals surface area contributed by atoms with E-state index in [1.807, 2.05) is 18.2 Å². The van der Waals surface area contributed by atoms with Gasteiger partial charge in [-0.15, -0.1) is 0 Å². The molecule has 0 aliphatic carbocycles. The number of nitrogens with zero attached hydrogens (tertiary/aromatic N) is 2. The first-order valence-corrected chi connectivity index (χ1v) is 11.2. The van der Waals surface area contributed by atoms with Crippen molar-refractivity contribution < 1.29 is 9.59 Å². The summed E-state index contributed by atoms with van der Waals surface area (Å²) in [7, 11) is 1.73. The van der Waals surface area contributed by atoms with Gasteiger partial charge in [0.25, 0.3) is 17.4 Å². The Balaban J connectivity index is 1.71. The fourth-order valence-corrected chi connectivity index (χ4v) is 3.77. The largest absolute Gasteiger partial charge is 0.317 e. The summed E-state index contributed by atoms with van der Waals surface area (Å²) in [5.41, 5.74) is 1.80. The summed E-state index contributed by atoms with van der Waals surface area (Å²) in [5, 5.41) is 5.76. The Hall–Kier alpha value is -4.36. The van der Waals surface area contributed by atoms with Gasteiger partial charge in [-0.1, -0.05) is 66.2 Å². The summed E-state index contributed by atoms with van der Waals surface area (Å²) in [5.74, 6) is -1.12. The molecule has 4 rings (SSSR count). The highest BCUT2D eigenvalue weighted by Gasteiger charge is 2.21. The van der Waals surface area contributed by atoms with Crippen LogP contribution >= 0.6 is 11.6 Å². The minimum atomic E-state index is -0.653. The fraction of sp³-hybridized carbons (Fsp3) is 0.0741. The van der Waals surface area contributed by atoms with Crippen molar-refractivity contribution in [3.05, 3.63) is 123 Å². The van der Waals surface area contributed by atoms with E-state index in [0.717, 1.165) is 0 Å². The van der Waals surface area contributed by atoms with E-state index >= 15 is 0 Å². The van der Waals surface area contributed by atoms with Gasteiger partial charge in [-0.25, -0.2) is 4.68 Å². The summed E-state index contributed by atoms with van der Waals surface area (Å²) >= 11 is 6.28. The van der Waals surface area contributed by atoms with Gasteiger partial charge in [0.1, 0.15) is 11.4 Å². The lowest BCUT2D eigenvalue weighted by Gasteiger charge is -2.11. The molecule has 8 heteroatoms. The van der Waals surface area contributed by atoms with Crippen LogP contribution in [0.4, 0.5) is 5.69 Å². The lowest BCUT2D eigenvalue weighted by molar-refractivity contribution is -0.113. The maximum atomic E-state index is 13.4. The molecule has 3 aromatic carbocycles. The van der Waals surface area contributed by atoms with Crippen LogP contribution in [0.5, 0.6) is 0 Å². The van der Waals surface area contributed by atoms with Crippen molar-refractivity contribution in [3.63, 3.8) is 0 Å². The van der Waals surface area contributed by atoms with Crippen LogP contribution in [0.2, 0.25) is 5.02 Å². The second kappa shape index (κ2) is 10.3. The molecular formula is C27H23ClN4O3. The first-order valence-electron chi connectivity index (χ1n) is 10.8. The maximum absolute atomic E-state index is 13.4. The average Bonchev–Trinajstić information content (AvgIpc) is 3.08. The van der Waals surface area contributed by atoms with Crippen LogP contribution in [-0.4, -0.2) is 21.2 Å². The summed E-state index contributed by atoms with van der Waals surface area (Å²) in [6.45, 7) is 1.73. The van der Waals surface area contributed by atoms with Gasteiger partial charge < -0.3 is 10.6 Å². The van der Waals surface area contributed by atoms with Gasteiger partial charge in [0, 0.05) is 17.6 Å². The van der Waals surface area contributed by atoms with Crippen LogP contribution in [0.15, 0.2) is 95.4 Å². The van der Waals surface area contributed by atoms with E-state index in [9.17, 15) is 14.4 Å². The molecule has 35 heavy (non-hydrogen) atoms. The van der Waals surface area contributed by atoms with Gasteiger partial charge in [-0.2, -0.15) is 0 Å². The molecule has 0 saturated heterocycles. The van der Waals surface area contributed by atoms with E-state index in [2.05, 4.69) is 10.6 Å². The smallest absolute Gasteiger partial charge is 0.295 e. The van der Waals surface area contributed by atoms with Crippen LogP contribution in [-0.2, 0) is 11.8 Å². The molecule has 0 fully saturated rings. The third kappa shape index (κ3) is 5.10. The zero-order chi connectivity index (χ0) is 24.9. The molecule has 0 bridgehead atoms. The molecule has 2 amide bonds. The fourth-order valence-electron chi connectivity index (χ4n) is 3.58. The molecule has 0 spiro atoms. The van der Waals surface area contributed by atoms with Crippen molar-refractivity contribution in [1.29, 1.82) is 0 Å². The van der Waals surface area contributed by atoms with E-state index in [-0.39, 0.29) is 11.4 Å². The van der Waals surface area contributed by atoms with Crippen LogP contribution in [0, 0.1) is 6.92 Å². The number of nitrogens with one attached hydrogen (secondary N) is 2. The van der Waals surface area contributed by atoms with Gasteiger partial charge in [0.15, 0.2) is 0 Å². The zero-order valence-electron chi connectivity index (χ0n) is 19.2. The normalized spacial score (nSPS) is 11.2. The van der Waals surface area contributed by atoms with Crippen molar-refractivity contribution in [3.8, 4) is 5.69 Å². The van der Waals surface area contributed by atoms with Gasteiger partial charge in [0.2, 0.25) is 0 Å². The highest BCUT2D eigenvalue weighted by Crippen LogP contribution is 2.19. The first-order chi connectivity index (χ1) is 16.9. The summed E-state index contributed by atoms with van der Waals surface area (Å²) in [6, 6.07) is 24.6. The Kier molecular flexibility index (Phi) is 6.98. The third-order valence-electron chi connectivity index (χ3n) is 5.53. The third-order valence-corrected chi connectivity index (χ3v) is 5.87. The number of hydrogen-bond acceptors (Lipinski definition) is 3. The highest BCUT2D eigenvalue weighted by atomic mass is 35.5. The number of aromatic nitrogens is 2. The zero-order valence-corrected chi connectivity index (χ0v) is 19.9. The molecule has 0 atom stereocenters. The maximum Gasteiger partial charge on any atom is 0.295 e. The molecule has 7 nitrogen and oxygen atoms in total. The second-order valence-corrected chi connectivity index (χ2v) is 8.20. The molecule has 4 aromatic rings. The molecule has 0 unspecified atom stereocenters. The minimum absolute atomic E-state index is 0.0548.